The SMILES string of the molecule is CC(C)(C)OC(=O)N[C@H]1CN(c2nc3c(cc2F)c(=O)c(C(=O)O)cn3-c2ccc(F)cc2F)C[C@@H]1C(F)(F)F. The fourth-order valence-corrected chi connectivity index (χ4v) is 4.36. The first-order valence-electron chi connectivity index (χ1n) is 11.7. The molecule has 2 aromatic heterocycles. The average Bonchev–Trinajstić information content (AvgIpc) is 3.22. The predicted octanol–water partition coefficient (Wildman–Crippen LogP) is 4.39. The molecule has 2 N–H and O–H groups in total. The summed E-state index contributed by atoms with van der Waals surface area (Å²) in [5.74, 6) is -7.98. The topological polar surface area (TPSA) is 114 Å². The van der Waals surface area contributed by atoms with Crippen molar-refractivity contribution in [1.82, 2.24) is 14.9 Å². The molecule has 1 fully saturated rings. The van der Waals surface area contributed by atoms with Gasteiger partial charge in [0, 0.05) is 25.4 Å². The number of fused-ring (bicyclic) bond motifs is 1. The Labute approximate surface area is 222 Å². The minimum atomic E-state index is -4.82. The Morgan fingerprint density at radius 2 is 1.75 bits per heavy atom. The van der Waals surface area contributed by atoms with Crippen LogP contribution in [0, 0.1) is 23.4 Å². The molecule has 1 amide bonds. The lowest BCUT2D eigenvalue weighted by Gasteiger charge is -2.25. The maximum absolute atomic E-state index is 15.3. The number of carbonyl (C=O) groups is 2. The molecule has 0 spiro atoms. The first-order valence-corrected chi connectivity index (χ1v) is 11.7. The van der Waals surface area contributed by atoms with E-state index in [1.807, 2.05) is 0 Å². The Morgan fingerprint density at radius 3 is 2.33 bits per heavy atom. The van der Waals surface area contributed by atoms with Gasteiger partial charge in [-0.2, -0.15) is 13.2 Å². The summed E-state index contributed by atoms with van der Waals surface area (Å²) in [6.07, 6.45) is -5.24. The molecule has 2 atom stereocenters. The van der Waals surface area contributed by atoms with Gasteiger partial charge in [-0.1, -0.05) is 0 Å². The number of carbonyl (C=O) groups excluding carboxylic acids is 1. The number of pyridine rings is 2. The van der Waals surface area contributed by atoms with E-state index in [4.69, 9.17) is 4.74 Å². The van der Waals surface area contributed by atoms with Gasteiger partial charge in [-0.15, -0.1) is 0 Å². The summed E-state index contributed by atoms with van der Waals surface area (Å²) < 4.78 is 90.9. The highest BCUT2D eigenvalue weighted by molar-refractivity contribution is 5.92. The van der Waals surface area contributed by atoms with Crippen LogP contribution >= 0.6 is 0 Å². The Kier molecular flexibility index (Phi) is 7.19. The number of amides is 1. The first-order chi connectivity index (χ1) is 18.5. The largest absolute Gasteiger partial charge is 0.477 e. The number of benzene rings is 1. The summed E-state index contributed by atoms with van der Waals surface area (Å²) in [4.78, 5) is 41.5. The molecule has 1 aliphatic heterocycles. The molecular weight excluding hydrogens is 550 g/mol. The van der Waals surface area contributed by atoms with Crippen LogP contribution in [0.25, 0.3) is 16.7 Å². The maximum Gasteiger partial charge on any atom is 0.407 e. The molecular formula is C25H22F6N4O5. The van der Waals surface area contributed by atoms with Crippen LogP contribution in [0.4, 0.5) is 37.0 Å². The second-order valence-corrected chi connectivity index (χ2v) is 10.1. The van der Waals surface area contributed by atoms with E-state index in [0.717, 1.165) is 21.6 Å². The second kappa shape index (κ2) is 10.0. The molecule has 40 heavy (non-hydrogen) atoms. The van der Waals surface area contributed by atoms with Crippen molar-refractivity contribution in [2.24, 2.45) is 5.92 Å². The van der Waals surface area contributed by atoms with Crippen molar-refractivity contribution >= 4 is 28.9 Å². The fourth-order valence-electron chi connectivity index (χ4n) is 4.36. The number of aromatic nitrogens is 2. The number of hydrogen-bond donors (Lipinski definition) is 2. The van der Waals surface area contributed by atoms with Crippen LogP contribution in [0.1, 0.15) is 31.1 Å². The van der Waals surface area contributed by atoms with E-state index in [1.165, 1.54) is 20.8 Å². The highest BCUT2D eigenvalue weighted by atomic mass is 19.4. The third-order valence-corrected chi connectivity index (χ3v) is 6.05. The number of halogens is 6. The van der Waals surface area contributed by atoms with Gasteiger partial charge in [-0.25, -0.2) is 27.7 Å². The van der Waals surface area contributed by atoms with E-state index >= 15 is 4.39 Å². The number of hydrogen-bond acceptors (Lipinski definition) is 6. The maximum atomic E-state index is 15.3. The molecule has 1 aromatic carbocycles. The number of carboxylic acid groups (broad SMARTS) is 1. The van der Waals surface area contributed by atoms with Gasteiger partial charge in [0.2, 0.25) is 5.43 Å². The van der Waals surface area contributed by atoms with Crippen molar-refractivity contribution in [3.8, 4) is 5.69 Å². The molecule has 4 rings (SSSR count). The predicted molar refractivity (Wildman–Crippen MR) is 129 cm³/mol. The minimum absolute atomic E-state index is 0.460. The average molecular weight is 572 g/mol. The van der Waals surface area contributed by atoms with Crippen molar-refractivity contribution in [2.75, 3.05) is 18.0 Å². The minimum Gasteiger partial charge on any atom is -0.477 e. The van der Waals surface area contributed by atoms with Crippen molar-refractivity contribution in [3.05, 3.63) is 63.7 Å². The highest BCUT2D eigenvalue weighted by Crippen LogP contribution is 2.37. The summed E-state index contributed by atoms with van der Waals surface area (Å²) in [6.45, 7) is 3.14. The summed E-state index contributed by atoms with van der Waals surface area (Å²) in [6, 6.07) is 1.25. The Morgan fingerprint density at radius 1 is 1.07 bits per heavy atom. The number of nitrogens with zero attached hydrogens (tertiary/aromatic N) is 3. The Balaban J connectivity index is 1.84. The van der Waals surface area contributed by atoms with Gasteiger partial charge in [-0.3, -0.25) is 9.36 Å². The molecule has 9 nitrogen and oxygen atoms in total. The number of nitrogens with one attached hydrogen (secondary N) is 1. The van der Waals surface area contributed by atoms with Crippen molar-refractivity contribution < 1.29 is 45.8 Å². The van der Waals surface area contributed by atoms with Crippen molar-refractivity contribution in [2.45, 2.75) is 38.6 Å². The zero-order valence-electron chi connectivity index (χ0n) is 21.1. The van der Waals surface area contributed by atoms with Crippen LogP contribution < -0.4 is 15.6 Å². The lowest BCUT2D eigenvalue weighted by molar-refractivity contribution is -0.173. The third-order valence-electron chi connectivity index (χ3n) is 6.05. The van der Waals surface area contributed by atoms with E-state index in [-0.39, 0.29) is 0 Å². The highest BCUT2D eigenvalue weighted by Gasteiger charge is 2.51. The van der Waals surface area contributed by atoms with Crippen LogP contribution in [0.15, 0.2) is 35.3 Å². The van der Waals surface area contributed by atoms with Gasteiger partial charge >= 0.3 is 18.2 Å². The molecule has 1 saturated heterocycles. The number of aromatic carboxylic acids is 1. The lowest BCUT2D eigenvalue weighted by atomic mass is 10.0. The quantitative estimate of drug-likeness (QED) is 0.446. The van der Waals surface area contributed by atoms with Gasteiger partial charge in [-0.05, 0) is 39.0 Å². The third kappa shape index (κ3) is 5.67. The van der Waals surface area contributed by atoms with Gasteiger partial charge in [0.15, 0.2) is 17.3 Å². The summed E-state index contributed by atoms with van der Waals surface area (Å²) in [5.41, 5.74) is -4.03. The van der Waals surface area contributed by atoms with Gasteiger partial charge in [0.25, 0.3) is 0 Å². The van der Waals surface area contributed by atoms with Crippen LogP contribution in [0.2, 0.25) is 0 Å². The van der Waals surface area contributed by atoms with Gasteiger partial charge in [0.05, 0.1) is 23.0 Å². The normalized spacial score (nSPS) is 17.8. The van der Waals surface area contributed by atoms with E-state index in [1.54, 1.807) is 0 Å². The van der Waals surface area contributed by atoms with Crippen LogP contribution in [0.5, 0.6) is 0 Å². The molecule has 0 bridgehead atoms. The van der Waals surface area contributed by atoms with E-state index in [2.05, 4.69) is 10.3 Å². The number of anilines is 1. The molecule has 0 aliphatic carbocycles. The second-order valence-electron chi connectivity index (χ2n) is 10.1. The van der Waals surface area contributed by atoms with Crippen molar-refractivity contribution in [1.29, 1.82) is 0 Å². The van der Waals surface area contributed by atoms with E-state index < -0.39 is 99.9 Å². The lowest BCUT2D eigenvalue weighted by Crippen LogP contribution is -2.47. The molecule has 0 radical (unpaired) electrons. The molecule has 15 heteroatoms. The molecule has 3 aromatic rings. The monoisotopic (exact) mass is 572 g/mol. The van der Waals surface area contributed by atoms with Crippen LogP contribution in [-0.4, -0.2) is 57.6 Å². The van der Waals surface area contributed by atoms with Gasteiger partial charge < -0.3 is 20.1 Å². The van der Waals surface area contributed by atoms with E-state index in [9.17, 15) is 41.4 Å². The molecule has 3 heterocycles. The molecule has 1 aliphatic rings. The smallest absolute Gasteiger partial charge is 0.407 e. The number of rotatable bonds is 4. The fraction of sp³-hybridized carbons (Fsp3) is 0.360. The Hall–Kier alpha value is -4.30. The van der Waals surface area contributed by atoms with Crippen LogP contribution in [-0.2, 0) is 4.74 Å². The molecule has 214 valence electrons. The summed E-state index contributed by atoms with van der Waals surface area (Å²) >= 11 is 0. The zero-order chi connectivity index (χ0) is 29.7. The number of alkyl carbamates (subject to hydrolysis) is 1. The van der Waals surface area contributed by atoms with Crippen molar-refractivity contribution in [3.63, 3.8) is 0 Å². The number of carboxylic acids is 1. The summed E-state index contributed by atoms with van der Waals surface area (Å²) in [5, 5.41) is 11.0. The van der Waals surface area contributed by atoms with Crippen LogP contribution in [0.3, 0.4) is 0 Å². The first kappa shape index (κ1) is 28.7. The molecule has 0 saturated carbocycles. The Bertz CT molecular complexity index is 1570. The standard InChI is InChI=1S/C25H22F6N4O5/c1-24(2,3)40-23(39)32-17-10-34(9-14(17)25(29,30)31)21-16(28)7-12-19(36)13(22(37)38)8-35(20(12)33-21)18-5-4-11(26)6-15(18)27/h4-8,14,17H,9-10H2,1-3H3,(H,32,39)(H,37,38)/t14-,17-/m0/s1. The number of ether oxygens (including phenoxy) is 1. The number of alkyl halides is 3. The molecule has 0 unspecified atom stereocenters. The van der Waals surface area contributed by atoms with Gasteiger partial charge in [0.1, 0.15) is 22.8 Å². The zero-order valence-corrected chi connectivity index (χ0v) is 21.1. The summed E-state index contributed by atoms with van der Waals surface area (Å²) in [7, 11) is 0. The van der Waals surface area contributed by atoms with E-state index in [0.29, 0.717) is 18.3 Å².